The first-order valence-electron chi connectivity index (χ1n) is 5.57. The van der Waals surface area contributed by atoms with E-state index in [0.717, 1.165) is 5.69 Å². The summed E-state index contributed by atoms with van der Waals surface area (Å²) < 4.78 is 5.48. The van der Waals surface area contributed by atoms with E-state index in [-0.39, 0.29) is 11.6 Å². The van der Waals surface area contributed by atoms with Crippen LogP contribution in [0.2, 0.25) is 0 Å². The van der Waals surface area contributed by atoms with Gasteiger partial charge in [-0.15, -0.1) is 0 Å². The zero-order valence-corrected chi connectivity index (χ0v) is 10.6. The summed E-state index contributed by atoms with van der Waals surface area (Å²) in [5.74, 6) is -0.688. The van der Waals surface area contributed by atoms with Crippen molar-refractivity contribution in [2.24, 2.45) is 0 Å². The topological polar surface area (TPSA) is 75.5 Å². The molecule has 98 valence electrons. The molecule has 0 bridgehead atoms. The van der Waals surface area contributed by atoms with Gasteiger partial charge < -0.3 is 14.7 Å². The number of hydrogen-bond donors (Lipinski definition) is 1. The summed E-state index contributed by atoms with van der Waals surface area (Å²) in [4.78, 5) is 20.5. The van der Waals surface area contributed by atoms with Crippen molar-refractivity contribution in [3.63, 3.8) is 0 Å². The molecule has 2 rings (SSSR count). The first kappa shape index (κ1) is 12.8. The van der Waals surface area contributed by atoms with Crippen LogP contribution in [0.1, 0.15) is 10.5 Å². The molecule has 0 saturated carbocycles. The molecule has 0 aliphatic rings. The number of benzene rings is 1. The predicted molar refractivity (Wildman–Crippen MR) is 69.8 cm³/mol. The van der Waals surface area contributed by atoms with E-state index in [1.54, 1.807) is 12.1 Å². The van der Waals surface area contributed by atoms with E-state index in [1.807, 2.05) is 31.1 Å². The second kappa shape index (κ2) is 5.34. The van der Waals surface area contributed by atoms with Gasteiger partial charge in [0.25, 0.3) is 5.88 Å². The molecule has 1 heterocycles. The van der Waals surface area contributed by atoms with E-state index in [1.165, 1.54) is 12.4 Å². The Labute approximate surface area is 110 Å². The summed E-state index contributed by atoms with van der Waals surface area (Å²) in [5, 5.41) is 9.00. The van der Waals surface area contributed by atoms with E-state index in [2.05, 4.69) is 9.97 Å². The van der Waals surface area contributed by atoms with Crippen molar-refractivity contribution in [1.82, 2.24) is 9.97 Å². The van der Waals surface area contributed by atoms with Gasteiger partial charge in [-0.1, -0.05) is 6.07 Å². The molecule has 1 aromatic heterocycles. The van der Waals surface area contributed by atoms with E-state index >= 15 is 0 Å². The van der Waals surface area contributed by atoms with E-state index in [4.69, 9.17) is 9.84 Å². The molecule has 1 N–H and O–H groups in total. The van der Waals surface area contributed by atoms with Gasteiger partial charge >= 0.3 is 5.97 Å². The number of aromatic carboxylic acids is 1. The van der Waals surface area contributed by atoms with Gasteiger partial charge in [-0.25, -0.2) is 14.8 Å². The molecular weight excluding hydrogens is 246 g/mol. The minimum Gasteiger partial charge on any atom is -0.476 e. The number of anilines is 1. The van der Waals surface area contributed by atoms with Gasteiger partial charge in [0, 0.05) is 38.2 Å². The fraction of sp³-hybridized carbons (Fsp3) is 0.154. The van der Waals surface area contributed by atoms with Gasteiger partial charge in [0.15, 0.2) is 0 Å². The number of aromatic nitrogens is 2. The predicted octanol–water partition coefficient (Wildman–Crippen LogP) is 2.03. The van der Waals surface area contributed by atoms with Crippen LogP contribution in [0.5, 0.6) is 11.6 Å². The minimum absolute atomic E-state index is 0.0223. The highest BCUT2D eigenvalue weighted by Gasteiger charge is 2.14. The van der Waals surface area contributed by atoms with Crippen LogP contribution in [0.3, 0.4) is 0 Å². The van der Waals surface area contributed by atoms with Crippen molar-refractivity contribution in [2.75, 3.05) is 19.0 Å². The molecule has 0 amide bonds. The van der Waals surface area contributed by atoms with Crippen molar-refractivity contribution < 1.29 is 14.6 Å². The number of hydrogen-bond acceptors (Lipinski definition) is 5. The van der Waals surface area contributed by atoms with Crippen LogP contribution in [0, 0.1) is 0 Å². The van der Waals surface area contributed by atoms with Crippen LogP contribution in [0.25, 0.3) is 0 Å². The Bertz CT molecular complexity index is 599. The maximum atomic E-state index is 11.0. The second-order valence-electron chi connectivity index (χ2n) is 4.01. The molecule has 0 aliphatic carbocycles. The normalized spacial score (nSPS) is 10.0. The fourth-order valence-corrected chi connectivity index (χ4v) is 1.48. The van der Waals surface area contributed by atoms with Gasteiger partial charge in [0.2, 0.25) is 5.69 Å². The number of ether oxygens (including phenoxy) is 1. The maximum Gasteiger partial charge on any atom is 0.360 e. The average molecular weight is 259 g/mol. The highest BCUT2D eigenvalue weighted by atomic mass is 16.5. The molecule has 0 saturated heterocycles. The molecule has 0 radical (unpaired) electrons. The third-order valence-electron chi connectivity index (χ3n) is 2.42. The largest absolute Gasteiger partial charge is 0.476 e. The van der Waals surface area contributed by atoms with Gasteiger partial charge in [-0.3, -0.25) is 0 Å². The second-order valence-corrected chi connectivity index (χ2v) is 4.01. The average Bonchev–Trinajstić information content (AvgIpc) is 2.39. The minimum atomic E-state index is -1.17. The smallest absolute Gasteiger partial charge is 0.360 e. The maximum absolute atomic E-state index is 11.0. The summed E-state index contributed by atoms with van der Waals surface area (Å²) in [6.07, 6.45) is 2.70. The number of rotatable bonds is 4. The van der Waals surface area contributed by atoms with Crippen LogP contribution in [0.4, 0.5) is 5.69 Å². The Balaban J connectivity index is 2.31. The number of carboxylic acids is 1. The molecule has 1 aromatic carbocycles. The molecule has 0 fully saturated rings. The van der Waals surface area contributed by atoms with E-state index in [9.17, 15) is 4.79 Å². The Hall–Kier alpha value is -2.63. The molecule has 19 heavy (non-hydrogen) atoms. The summed E-state index contributed by atoms with van der Waals surface area (Å²) in [5.41, 5.74) is 0.732. The van der Waals surface area contributed by atoms with Gasteiger partial charge in [0.1, 0.15) is 5.75 Å². The van der Waals surface area contributed by atoms with Gasteiger partial charge in [0.05, 0.1) is 0 Å². The number of carboxylic acid groups (broad SMARTS) is 1. The Morgan fingerprint density at radius 3 is 2.68 bits per heavy atom. The lowest BCUT2D eigenvalue weighted by Crippen LogP contribution is -2.08. The quantitative estimate of drug-likeness (QED) is 0.905. The van der Waals surface area contributed by atoms with Crippen molar-refractivity contribution >= 4 is 11.7 Å². The molecule has 0 aliphatic heterocycles. The monoisotopic (exact) mass is 259 g/mol. The standard InChI is InChI=1S/C13H13N3O3/c1-16(2)9-4-3-5-10(8-9)19-12-11(13(17)18)14-6-7-15-12/h3-8H,1-2H3,(H,17,18). The molecule has 6 heteroatoms. The molecule has 6 nitrogen and oxygen atoms in total. The Kier molecular flexibility index (Phi) is 3.61. The lowest BCUT2D eigenvalue weighted by molar-refractivity contribution is 0.0686. The number of carbonyl (C=O) groups is 1. The lowest BCUT2D eigenvalue weighted by atomic mass is 10.3. The molecule has 0 unspecified atom stereocenters. The SMILES string of the molecule is CN(C)c1cccc(Oc2nccnc2C(=O)O)c1. The molecule has 0 atom stereocenters. The van der Waals surface area contributed by atoms with Crippen molar-refractivity contribution in [3.05, 3.63) is 42.4 Å². The Morgan fingerprint density at radius 2 is 2.00 bits per heavy atom. The van der Waals surface area contributed by atoms with E-state index in [0.29, 0.717) is 5.75 Å². The van der Waals surface area contributed by atoms with Crippen LogP contribution in [-0.4, -0.2) is 35.1 Å². The van der Waals surface area contributed by atoms with Crippen molar-refractivity contribution in [3.8, 4) is 11.6 Å². The highest BCUT2D eigenvalue weighted by molar-refractivity contribution is 5.87. The van der Waals surface area contributed by atoms with E-state index < -0.39 is 5.97 Å². The third kappa shape index (κ3) is 2.98. The van der Waals surface area contributed by atoms with Crippen molar-refractivity contribution in [1.29, 1.82) is 0 Å². The molecule has 0 spiro atoms. The summed E-state index contributed by atoms with van der Waals surface area (Å²) in [6.45, 7) is 0. The van der Waals surface area contributed by atoms with Crippen LogP contribution in [0.15, 0.2) is 36.7 Å². The van der Waals surface area contributed by atoms with Crippen LogP contribution in [-0.2, 0) is 0 Å². The summed E-state index contributed by atoms with van der Waals surface area (Å²) in [6, 6.07) is 7.26. The van der Waals surface area contributed by atoms with Gasteiger partial charge in [-0.05, 0) is 12.1 Å². The summed E-state index contributed by atoms with van der Waals surface area (Å²) >= 11 is 0. The Morgan fingerprint density at radius 1 is 1.26 bits per heavy atom. The highest BCUT2D eigenvalue weighted by Crippen LogP contribution is 2.25. The zero-order valence-electron chi connectivity index (χ0n) is 10.6. The molecular formula is C13H13N3O3. The number of nitrogens with zero attached hydrogens (tertiary/aromatic N) is 3. The van der Waals surface area contributed by atoms with Gasteiger partial charge in [-0.2, -0.15) is 0 Å². The van der Waals surface area contributed by atoms with Crippen LogP contribution >= 0.6 is 0 Å². The van der Waals surface area contributed by atoms with Crippen molar-refractivity contribution in [2.45, 2.75) is 0 Å². The first-order valence-corrected chi connectivity index (χ1v) is 5.57. The zero-order chi connectivity index (χ0) is 13.8. The summed E-state index contributed by atoms with van der Waals surface area (Å²) in [7, 11) is 3.81. The molecule has 2 aromatic rings. The lowest BCUT2D eigenvalue weighted by Gasteiger charge is -2.13. The van der Waals surface area contributed by atoms with Crippen LogP contribution < -0.4 is 9.64 Å². The first-order chi connectivity index (χ1) is 9.08. The third-order valence-corrected chi connectivity index (χ3v) is 2.42. The fourth-order valence-electron chi connectivity index (χ4n) is 1.48.